The second-order valence-corrected chi connectivity index (χ2v) is 5.02. The van der Waals surface area contributed by atoms with Crippen LogP contribution in [0.3, 0.4) is 0 Å². The van der Waals surface area contributed by atoms with Crippen molar-refractivity contribution in [2.24, 2.45) is 5.73 Å². The third kappa shape index (κ3) is 6.89. The molecule has 1 aliphatic rings. The SMILES string of the molecule is CCOCCC(=O)N1CCN(CCCCCN)CC1. The Balaban J connectivity index is 2.09. The Hall–Kier alpha value is -0.650. The zero-order valence-corrected chi connectivity index (χ0v) is 12.3. The van der Waals surface area contributed by atoms with Gasteiger partial charge in [-0.1, -0.05) is 6.42 Å². The number of carbonyl (C=O) groups excluding carboxylic acids is 1. The van der Waals surface area contributed by atoms with E-state index >= 15 is 0 Å². The van der Waals surface area contributed by atoms with Gasteiger partial charge < -0.3 is 15.4 Å². The maximum atomic E-state index is 11.9. The second kappa shape index (κ2) is 10.2. The van der Waals surface area contributed by atoms with E-state index in [-0.39, 0.29) is 5.91 Å². The maximum Gasteiger partial charge on any atom is 0.224 e. The smallest absolute Gasteiger partial charge is 0.224 e. The molecule has 1 heterocycles. The third-order valence-corrected chi connectivity index (χ3v) is 3.57. The van der Waals surface area contributed by atoms with Crippen LogP contribution in [-0.4, -0.2) is 68.2 Å². The molecule has 0 aromatic rings. The largest absolute Gasteiger partial charge is 0.381 e. The van der Waals surface area contributed by atoms with Crippen LogP contribution in [-0.2, 0) is 9.53 Å². The molecule has 1 aliphatic heterocycles. The Morgan fingerprint density at radius 2 is 1.89 bits per heavy atom. The fraction of sp³-hybridized carbons (Fsp3) is 0.929. The van der Waals surface area contributed by atoms with Crippen molar-refractivity contribution in [3.63, 3.8) is 0 Å². The highest BCUT2D eigenvalue weighted by Gasteiger charge is 2.20. The Labute approximate surface area is 117 Å². The van der Waals surface area contributed by atoms with Gasteiger partial charge in [-0.05, 0) is 32.9 Å². The van der Waals surface area contributed by atoms with Gasteiger partial charge >= 0.3 is 0 Å². The molecule has 0 bridgehead atoms. The summed E-state index contributed by atoms with van der Waals surface area (Å²) in [6, 6.07) is 0. The number of hydrogen-bond acceptors (Lipinski definition) is 4. The summed E-state index contributed by atoms with van der Waals surface area (Å²) in [5.41, 5.74) is 5.48. The van der Waals surface area contributed by atoms with E-state index < -0.39 is 0 Å². The fourth-order valence-electron chi connectivity index (χ4n) is 2.34. The molecule has 112 valence electrons. The number of piperazine rings is 1. The van der Waals surface area contributed by atoms with Gasteiger partial charge in [0.2, 0.25) is 5.91 Å². The minimum Gasteiger partial charge on any atom is -0.381 e. The summed E-state index contributed by atoms with van der Waals surface area (Å²) in [4.78, 5) is 16.3. The molecular weight excluding hydrogens is 242 g/mol. The van der Waals surface area contributed by atoms with Crippen LogP contribution in [0.4, 0.5) is 0 Å². The topological polar surface area (TPSA) is 58.8 Å². The lowest BCUT2D eigenvalue weighted by Gasteiger charge is -2.34. The van der Waals surface area contributed by atoms with Gasteiger partial charge in [0.1, 0.15) is 0 Å². The minimum atomic E-state index is 0.233. The van der Waals surface area contributed by atoms with E-state index in [1.165, 1.54) is 12.8 Å². The zero-order chi connectivity index (χ0) is 13.9. The molecule has 1 rings (SSSR count). The average molecular weight is 271 g/mol. The molecule has 0 radical (unpaired) electrons. The maximum absolute atomic E-state index is 11.9. The van der Waals surface area contributed by atoms with E-state index in [1.807, 2.05) is 11.8 Å². The van der Waals surface area contributed by atoms with Gasteiger partial charge in [-0.25, -0.2) is 0 Å². The number of unbranched alkanes of at least 4 members (excludes halogenated alkanes) is 2. The molecule has 0 unspecified atom stereocenters. The third-order valence-electron chi connectivity index (χ3n) is 3.57. The monoisotopic (exact) mass is 271 g/mol. The molecule has 5 nitrogen and oxygen atoms in total. The molecule has 1 fully saturated rings. The van der Waals surface area contributed by atoms with Crippen molar-refractivity contribution in [1.29, 1.82) is 0 Å². The van der Waals surface area contributed by atoms with Gasteiger partial charge in [0.05, 0.1) is 13.0 Å². The van der Waals surface area contributed by atoms with Crippen LogP contribution >= 0.6 is 0 Å². The van der Waals surface area contributed by atoms with Crippen LogP contribution in [0.2, 0.25) is 0 Å². The average Bonchev–Trinajstić information content (AvgIpc) is 2.44. The predicted octanol–water partition coefficient (Wildman–Crippen LogP) is 0.686. The number of nitrogens with two attached hydrogens (primary N) is 1. The molecule has 0 atom stereocenters. The van der Waals surface area contributed by atoms with Gasteiger partial charge in [0.25, 0.3) is 0 Å². The molecule has 1 saturated heterocycles. The number of ether oxygens (including phenoxy) is 1. The van der Waals surface area contributed by atoms with E-state index in [9.17, 15) is 4.79 Å². The van der Waals surface area contributed by atoms with Crippen LogP contribution in [0.25, 0.3) is 0 Å². The number of hydrogen-bond donors (Lipinski definition) is 1. The number of rotatable bonds is 9. The molecule has 0 spiro atoms. The normalized spacial score (nSPS) is 16.8. The van der Waals surface area contributed by atoms with E-state index in [0.29, 0.717) is 19.6 Å². The van der Waals surface area contributed by atoms with Gasteiger partial charge in [-0.15, -0.1) is 0 Å². The summed E-state index contributed by atoms with van der Waals surface area (Å²) >= 11 is 0. The lowest BCUT2D eigenvalue weighted by molar-refractivity contribution is -0.134. The van der Waals surface area contributed by atoms with Crippen molar-refractivity contribution in [1.82, 2.24) is 9.80 Å². The van der Waals surface area contributed by atoms with Crippen LogP contribution in [0, 0.1) is 0 Å². The van der Waals surface area contributed by atoms with Crippen LogP contribution in [0.15, 0.2) is 0 Å². The van der Waals surface area contributed by atoms with Crippen LogP contribution in [0.5, 0.6) is 0 Å². The summed E-state index contributed by atoms with van der Waals surface area (Å²) in [5, 5.41) is 0. The molecule has 1 amide bonds. The minimum absolute atomic E-state index is 0.233. The first kappa shape index (κ1) is 16.4. The van der Waals surface area contributed by atoms with E-state index in [4.69, 9.17) is 10.5 Å². The fourth-order valence-corrected chi connectivity index (χ4v) is 2.34. The highest BCUT2D eigenvalue weighted by atomic mass is 16.5. The summed E-state index contributed by atoms with van der Waals surface area (Å²) in [7, 11) is 0. The van der Waals surface area contributed by atoms with Gasteiger partial charge in [-0.3, -0.25) is 9.69 Å². The Morgan fingerprint density at radius 1 is 1.16 bits per heavy atom. The lowest BCUT2D eigenvalue weighted by Crippen LogP contribution is -2.49. The van der Waals surface area contributed by atoms with Gasteiger partial charge in [-0.2, -0.15) is 0 Å². The highest BCUT2D eigenvalue weighted by molar-refractivity contribution is 5.76. The standard InChI is InChI=1S/C14H29N3O2/c1-2-19-13-6-14(18)17-11-9-16(10-12-17)8-5-3-4-7-15/h2-13,15H2,1H3. The first-order chi connectivity index (χ1) is 9.27. The molecular formula is C14H29N3O2. The van der Waals surface area contributed by atoms with Crippen molar-refractivity contribution >= 4 is 5.91 Å². The molecule has 19 heavy (non-hydrogen) atoms. The first-order valence-electron chi connectivity index (χ1n) is 7.56. The quantitative estimate of drug-likeness (QED) is 0.627. The number of carbonyl (C=O) groups is 1. The molecule has 2 N–H and O–H groups in total. The lowest BCUT2D eigenvalue weighted by atomic mass is 10.2. The Kier molecular flexibility index (Phi) is 8.79. The van der Waals surface area contributed by atoms with Crippen LogP contribution in [0.1, 0.15) is 32.6 Å². The molecule has 0 aromatic heterocycles. The van der Waals surface area contributed by atoms with Crippen molar-refractivity contribution in [2.75, 3.05) is 52.5 Å². The summed E-state index contributed by atoms with van der Waals surface area (Å²) < 4.78 is 5.22. The molecule has 0 saturated carbocycles. The molecule has 0 aliphatic carbocycles. The summed E-state index contributed by atoms with van der Waals surface area (Å²) in [5.74, 6) is 0.233. The summed E-state index contributed by atoms with van der Waals surface area (Å²) in [6.07, 6.45) is 4.07. The molecule has 5 heteroatoms. The van der Waals surface area contributed by atoms with Crippen LogP contribution < -0.4 is 5.73 Å². The second-order valence-electron chi connectivity index (χ2n) is 5.02. The van der Waals surface area contributed by atoms with E-state index in [1.54, 1.807) is 0 Å². The summed E-state index contributed by atoms with van der Waals surface area (Å²) in [6.45, 7) is 8.85. The first-order valence-corrected chi connectivity index (χ1v) is 7.56. The van der Waals surface area contributed by atoms with E-state index in [0.717, 1.165) is 45.7 Å². The number of nitrogens with zero attached hydrogens (tertiary/aromatic N) is 2. The molecule has 0 aromatic carbocycles. The van der Waals surface area contributed by atoms with Gasteiger partial charge in [0.15, 0.2) is 0 Å². The van der Waals surface area contributed by atoms with Crippen molar-refractivity contribution < 1.29 is 9.53 Å². The van der Waals surface area contributed by atoms with E-state index in [2.05, 4.69) is 4.90 Å². The van der Waals surface area contributed by atoms with Crippen molar-refractivity contribution in [3.05, 3.63) is 0 Å². The highest BCUT2D eigenvalue weighted by Crippen LogP contribution is 2.06. The van der Waals surface area contributed by atoms with Crippen molar-refractivity contribution in [3.8, 4) is 0 Å². The number of amides is 1. The van der Waals surface area contributed by atoms with Crippen molar-refractivity contribution in [2.45, 2.75) is 32.6 Å². The predicted molar refractivity (Wildman–Crippen MR) is 77.0 cm³/mol. The van der Waals surface area contributed by atoms with Gasteiger partial charge in [0, 0.05) is 32.8 Å². The Bertz CT molecular complexity index is 241. The Morgan fingerprint density at radius 3 is 2.53 bits per heavy atom. The zero-order valence-electron chi connectivity index (χ0n) is 12.3.